The molecular weight excluding hydrogens is 366 g/mol. The van der Waals surface area contributed by atoms with E-state index in [0.717, 1.165) is 31.2 Å². The van der Waals surface area contributed by atoms with Crippen LogP contribution in [0.1, 0.15) is 31.2 Å². The molecular formula is C20H30F2N4O2. The number of ether oxygens (including phenoxy) is 1. The van der Waals surface area contributed by atoms with Crippen molar-refractivity contribution in [2.45, 2.75) is 38.7 Å². The van der Waals surface area contributed by atoms with Crippen LogP contribution in [0.2, 0.25) is 0 Å². The molecule has 1 aromatic carbocycles. The Bertz CT molecular complexity index is 674. The number of amides is 1. The first-order valence-electron chi connectivity index (χ1n) is 9.52. The smallest absolute Gasteiger partial charge is 0.272 e. The fourth-order valence-electron chi connectivity index (χ4n) is 3.56. The second kappa shape index (κ2) is 10.2. The highest BCUT2D eigenvalue weighted by Crippen LogP contribution is 2.38. The van der Waals surface area contributed by atoms with E-state index in [0.29, 0.717) is 24.8 Å². The predicted molar refractivity (Wildman–Crippen MR) is 106 cm³/mol. The fraction of sp³-hybridized carbons (Fsp3) is 0.600. The van der Waals surface area contributed by atoms with Gasteiger partial charge in [-0.15, -0.1) is 0 Å². The monoisotopic (exact) mass is 396 g/mol. The maximum atomic E-state index is 12.7. The summed E-state index contributed by atoms with van der Waals surface area (Å²) in [5, 5.41) is 6.47. The molecule has 28 heavy (non-hydrogen) atoms. The quantitative estimate of drug-likeness (QED) is 0.524. The van der Waals surface area contributed by atoms with Gasteiger partial charge in [-0.25, -0.2) is 8.78 Å². The van der Waals surface area contributed by atoms with Gasteiger partial charge in [-0.05, 0) is 30.5 Å². The third-order valence-corrected chi connectivity index (χ3v) is 4.97. The Morgan fingerprint density at radius 3 is 2.61 bits per heavy atom. The second-order valence-electron chi connectivity index (χ2n) is 7.32. The Morgan fingerprint density at radius 1 is 1.29 bits per heavy atom. The molecule has 2 rings (SSSR count). The lowest BCUT2D eigenvalue weighted by atomic mass is 9.84. The molecule has 2 N–H and O–H groups in total. The molecule has 0 heterocycles. The maximum absolute atomic E-state index is 12.7. The summed E-state index contributed by atoms with van der Waals surface area (Å²) in [5.41, 5.74) is 0.499. The van der Waals surface area contributed by atoms with Crippen LogP contribution in [0.15, 0.2) is 29.3 Å². The largest absolute Gasteiger partial charge is 0.488 e. The number of halogens is 2. The molecule has 1 saturated carbocycles. The topological polar surface area (TPSA) is 66.0 Å². The van der Waals surface area contributed by atoms with Gasteiger partial charge in [-0.1, -0.05) is 25.0 Å². The van der Waals surface area contributed by atoms with E-state index in [9.17, 15) is 13.6 Å². The fourth-order valence-corrected chi connectivity index (χ4v) is 3.56. The Hall–Kier alpha value is -2.38. The number of nitrogens with zero attached hydrogens (tertiary/aromatic N) is 2. The van der Waals surface area contributed by atoms with Gasteiger partial charge in [0.2, 0.25) is 5.91 Å². The summed E-state index contributed by atoms with van der Waals surface area (Å²) in [7, 11) is 5.25. The Balaban J connectivity index is 1.91. The number of rotatable bonds is 8. The normalized spacial score (nSPS) is 16.1. The zero-order chi connectivity index (χ0) is 20.6. The van der Waals surface area contributed by atoms with Gasteiger partial charge in [0.15, 0.2) is 5.96 Å². The molecule has 1 aliphatic carbocycles. The summed E-state index contributed by atoms with van der Waals surface area (Å²) in [4.78, 5) is 18.5. The van der Waals surface area contributed by atoms with Gasteiger partial charge in [-0.3, -0.25) is 9.79 Å². The van der Waals surface area contributed by atoms with Gasteiger partial charge in [0, 0.05) is 34.2 Å². The van der Waals surface area contributed by atoms with Crippen LogP contribution < -0.4 is 15.4 Å². The van der Waals surface area contributed by atoms with Crippen LogP contribution in [0, 0.1) is 5.41 Å². The van der Waals surface area contributed by atoms with E-state index in [4.69, 9.17) is 4.74 Å². The van der Waals surface area contributed by atoms with E-state index < -0.39 is 13.0 Å². The van der Waals surface area contributed by atoms with E-state index in [2.05, 4.69) is 15.6 Å². The van der Waals surface area contributed by atoms with Crippen molar-refractivity contribution < 1.29 is 18.3 Å². The SMILES string of the molecule is CN=C(NCc1cccc(OCC(F)F)c1)NCC1(C(=O)N(C)C)CCCC1. The van der Waals surface area contributed by atoms with Gasteiger partial charge in [-0.2, -0.15) is 0 Å². The average Bonchev–Trinajstić information content (AvgIpc) is 3.16. The molecule has 8 heteroatoms. The van der Waals surface area contributed by atoms with E-state index >= 15 is 0 Å². The predicted octanol–water partition coefficient (Wildman–Crippen LogP) is 2.64. The number of carbonyl (C=O) groups excluding carboxylic acids is 1. The maximum Gasteiger partial charge on any atom is 0.272 e. The standard InChI is InChI=1S/C20H30F2N4O2/c1-23-19(25-14-20(9-4-5-10-20)18(27)26(2)3)24-12-15-7-6-8-16(11-15)28-13-17(21)22/h6-8,11,17H,4-5,9-10,12-14H2,1-3H3,(H2,23,24,25). The molecule has 0 saturated heterocycles. The highest BCUT2D eigenvalue weighted by Gasteiger charge is 2.42. The first kappa shape index (κ1) is 21.9. The Labute approximate surface area is 165 Å². The molecule has 0 atom stereocenters. The van der Waals surface area contributed by atoms with Crippen molar-refractivity contribution >= 4 is 11.9 Å². The Kier molecular flexibility index (Phi) is 8.02. The van der Waals surface area contributed by atoms with Crippen LogP contribution in [0.3, 0.4) is 0 Å². The number of guanidine groups is 1. The average molecular weight is 396 g/mol. The van der Waals surface area contributed by atoms with Crippen molar-refractivity contribution in [1.29, 1.82) is 0 Å². The number of hydrogen-bond donors (Lipinski definition) is 2. The molecule has 0 radical (unpaired) electrons. The highest BCUT2D eigenvalue weighted by atomic mass is 19.3. The lowest BCUT2D eigenvalue weighted by molar-refractivity contribution is -0.138. The number of nitrogens with one attached hydrogen (secondary N) is 2. The van der Waals surface area contributed by atoms with Crippen LogP contribution in [-0.4, -0.2) is 57.5 Å². The molecule has 0 bridgehead atoms. The number of aliphatic imine (C=N–C) groups is 1. The first-order valence-corrected chi connectivity index (χ1v) is 9.52. The van der Waals surface area contributed by atoms with E-state index in [-0.39, 0.29) is 11.3 Å². The van der Waals surface area contributed by atoms with E-state index in [1.807, 2.05) is 6.07 Å². The van der Waals surface area contributed by atoms with Crippen LogP contribution in [-0.2, 0) is 11.3 Å². The molecule has 0 aromatic heterocycles. The van der Waals surface area contributed by atoms with Crippen LogP contribution in [0.4, 0.5) is 8.78 Å². The summed E-state index contributed by atoms with van der Waals surface area (Å²) < 4.78 is 29.6. The van der Waals surface area contributed by atoms with E-state index in [1.165, 1.54) is 0 Å². The van der Waals surface area contributed by atoms with Crippen LogP contribution in [0.25, 0.3) is 0 Å². The first-order chi connectivity index (χ1) is 13.4. The Morgan fingerprint density at radius 2 is 2.00 bits per heavy atom. The molecule has 0 unspecified atom stereocenters. The third kappa shape index (κ3) is 6.07. The molecule has 0 aliphatic heterocycles. The van der Waals surface area contributed by atoms with Gasteiger partial charge in [0.25, 0.3) is 6.43 Å². The van der Waals surface area contributed by atoms with Crippen LogP contribution in [0.5, 0.6) is 5.75 Å². The lowest BCUT2D eigenvalue weighted by Gasteiger charge is -2.31. The van der Waals surface area contributed by atoms with Crippen molar-refractivity contribution in [3.63, 3.8) is 0 Å². The van der Waals surface area contributed by atoms with Gasteiger partial charge in [0.1, 0.15) is 12.4 Å². The number of carbonyl (C=O) groups is 1. The minimum atomic E-state index is -2.50. The third-order valence-electron chi connectivity index (χ3n) is 4.97. The number of benzene rings is 1. The minimum absolute atomic E-state index is 0.150. The van der Waals surface area contributed by atoms with Crippen molar-refractivity contribution in [1.82, 2.24) is 15.5 Å². The summed E-state index contributed by atoms with van der Waals surface area (Å²) in [6, 6.07) is 7.01. The lowest BCUT2D eigenvalue weighted by Crippen LogP contribution is -2.49. The van der Waals surface area contributed by atoms with Crippen LogP contribution >= 0.6 is 0 Å². The number of hydrogen-bond acceptors (Lipinski definition) is 3. The van der Waals surface area contributed by atoms with Gasteiger partial charge >= 0.3 is 0 Å². The summed E-state index contributed by atoms with van der Waals surface area (Å²) in [5.74, 6) is 1.15. The van der Waals surface area contributed by atoms with Gasteiger partial charge < -0.3 is 20.3 Å². The zero-order valence-corrected chi connectivity index (χ0v) is 16.8. The summed E-state index contributed by atoms with van der Waals surface area (Å²) in [6.45, 7) is 0.365. The summed E-state index contributed by atoms with van der Waals surface area (Å²) >= 11 is 0. The molecule has 0 spiro atoms. The molecule has 1 amide bonds. The highest BCUT2D eigenvalue weighted by molar-refractivity contribution is 5.85. The molecule has 1 aliphatic rings. The van der Waals surface area contributed by atoms with Gasteiger partial charge in [0.05, 0.1) is 5.41 Å². The van der Waals surface area contributed by atoms with Crippen molar-refractivity contribution in [3.05, 3.63) is 29.8 Å². The molecule has 1 fully saturated rings. The molecule has 6 nitrogen and oxygen atoms in total. The van der Waals surface area contributed by atoms with Crippen molar-refractivity contribution in [3.8, 4) is 5.75 Å². The number of alkyl halides is 2. The molecule has 156 valence electrons. The zero-order valence-electron chi connectivity index (χ0n) is 16.8. The second-order valence-corrected chi connectivity index (χ2v) is 7.32. The minimum Gasteiger partial charge on any atom is -0.488 e. The summed E-state index contributed by atoms with van der Waals surface area (Å²) in [6.07, 6.45) is 1.35. The van der Waals surface area contributed by atoms with Crippen molar-refractivity contribution in [2.75, 3.05) is 34.3 Å². The van der Waals surface area contributed by atoms with Crippen molar-refractivity contribution in [2.24, 2.45) is 10.4 Å². The van der Waals surface area contributed by atoms with E-state index in [1.54, 1.807) is 44.2 Å². The molecule has 1 aromatic rings.